The second-order valence-corrected chi connectivity index (χ2v) is 3.96. The average molecular weight is 209 g/mol. The van der Waals surface area contributed by atoms with Crippen LogP contribution in [0.2, 0.25) is 0 Å². The molecule has 1 fully saturated rings. The number of nitrogens with one attached hydrogen (secondary N) is 1. The number of hydrogen-bond donors (Lipinski definition) is 1. The molecule has 0 aromatic rings. The smallest absolute Gasteiger partial charge is 0.298 e. The molecule has 1 amide bonds. The lowest BCUT2D eigenvalue weighted by Crippen LogP contribution is -2.49. The minimum atomic E-state index is -0.238. The predicted molar refractivity (Wildman–Crippen MR) is 60.4 cm³/mol. The van der Waals surface area contributed by atoms with Crippen LogP contribution in [0.1, 0.15) is 6.92 Å². The van der Waals surface area contributed by atoms with Gasteiger partial charge in [0.05, 0.1) is 0 Å². The molecule has 0 aromatic carbocycles. The molecule has 1 atom stereocenters. The van der Waals surface area contributed by atoms with Gasteiger partial charge in [-0.25, -0.2) is 0 Å². The van der Waals surface area contributed by atoms with E-state index in [1.54, 1.807) is 11.9 Å². The van der Waals surface area contributed by atoms with E-state index in [1.165, 1.54) is 0 Å². The molecule has 4 heteroatoms. The number of likely N-dealkylation sites (N-methyl/N-ethyl adjacent to an activating group) is 1. The Kier molecular flexibility index (Phi) is 4.60. The molecule has 1 rings (SSSR count). The fourth-order valence-corrected chi connectivity index (χ4v) is 1.69. The Morgan fingerprint density at radius 1 is 1.60 bits per heavy atom. The monoisotopic (exact) mass is 209 g/mol. The van der Waals surface area contributed by atoms with Gasteiger partial charge in [0.25, 0.3) is 5.91 Å². The Labute approximate surface area is 91.6 Å². The normalized spacial score (nSPS) is 19.3. The molecule has 1 heterocycles. The van der Waals surface area contributed by atoms with E-state index in [-0.39, 0.29) is 11.9 Å². The zero-order valence-electron chi connectivity index (χ0n) is 9.49. The average Bonchev–Trinajstić information content (AvgIpc) is 2.28. The van der Waals surface area contributed by atoms with Crippen LogP contribution in [0, 0.1) is 12.3 Å². The van der Waals surface area contributed by atoms with Gasteiger partial charge in [-0.1, -0.05) is 0 Å². The Hall–Kier alpha value is -1.05. The summed E-state index contributed by atoms with van der Waals surface area (Å²) in [5.41, 5.74) is 0. The highest BCUT2D eigenvalue weighted by Crippen LogP contribution is 2.01. The Balaban J connectivity index is 2.37. The third-order valence-corrected chi connectivity index (χ3v) is 2.84. The molecule has 0 aromatic heterocycles. The van der Waals surface area contributed by atoms with Gasteiger partial charge in [0.2, 0.25) is 0 Å². The highest BCUT2D eigenvalue weighted by Gasteiger charge is 2.18. The van der Waals surface area contributed by atoms with Crippen molar-refractivity contribution in [1.82, 2.24) is 15.1 Å². The number of carbonyl (C=O) groups is 1. The first-order valence-corrected chi connectivity index (χ1v) is 5.31. The van der Waals surface area contributed by atoms with Crippen molar-refractivity contribution in [3.05, 3.63) is 0 Å². The number of piperazine rings is 1. The molecule has 0 saturated carbocycles. The third-order valence-electron chi connectivity index (χ3n) is 2.84. The minimum absolute atomic E-state index is 0.173. The third kappa shape index (κ3) is 3.54. The van der Waals surface area contributed by atoms with Crippen molar-refractivity contribution < 1.29 is 4.79 Å². The van der Waals surface area contributed by atoms with Gasteiger partial charge in [-0.15, -0.1) is 6.42 Å². The number of rotatable bonds is 3. The molecule has 1 saturated heterocycles. The summed E-state index contributed by atoms with van der Waals surface area (Å²) >= 11 is 0. The zero-order valence-corrected chi connectivity index (χ0v) is 9.49. The van der Waals surface area contributed by atoms with Crippen LogP contribution in [0.4, 0.5) is 0 Å². The van der Waals surface area contributed by atoms with E-state index in [0.29, 0.717) is 0 Å². The molecule has 0 bridgehead atoms. The van der Waals surface area contributed by atoms with Crippen LogP contribution in [-0.2, 0) is 4.79 Å². The quantitative estimate of drug-likeness (QED) is 0.629. The summed E-state index contributed by atoms with van der Waals surface area (Å²) in [6.07, 6.45) is 5.08. The number of terminal acetylenes is 1. The summed E-state index contributed by atoms with van der Waals surface area (Å²) in [5, 5.41) is 3.30. The van der Waals surface area contributed by atoms with E-state index in [0.717, 1.165) is 32.7 Å². The summed E-state index contributed by atoms with van der Waals surface area (Å²) in [7, 11) is 1.76. The van der Waals surface area contributed by atoms with Crippen molar-refractivity contribution in [2.75, 3.05) is 39.8 Å². The van der Waals surface area contributed by atoms with E-state index in [9.17, 15) is 4.79 Å². The summed E-state index contributed by atoms with van der Waals surface area (Å²) in [4.78, 5) is 15.2. The molecular weight excluding hydrogens is 190 g/mol. The number of amides is 1. The first kappa shape index (κ1) is 12.0. The van der Waals surface area contributed by atoms with Gasteiger partial charge >= 0.3 is 0 Å². The molecule has 1 N–H and O–H groups in total. The Morgan fingerprint density at radius 3 is 2.73 bits per heavy atom. The van der Waals surface area contributed by atoms with Crippen molar-refractivity contribution in [1.29, 1.82) is 0 Å². The maximum Gasteiger partial charge on any atom is 0.298 e. The SMILES string of the molecule is C#CC(=O)N(C)C(C)CN1CCNCC1. The second kappa shape index (κ2) is 5.74. The van der Waals surface area contributed by atoms with Crippen LogP contribution in [0.25, 0.3) is 0 Å². The fraction of sp³-hybridized carbons (Fsp3) is 0.727. The largest absolute Gasteiger partial charge is 0.331 e. The lowest BCUT2D eigenvalue weighted by atomic mass is 10.2. The van der Waals surface area contributed by atoms with E-state index in [4.69, 9.17) is 6.42 Å². The Bertz CT molecular complexity index is 253. The fourth-order valence-electron chi connectivity index (χ4n) is 1.69. The molecule has 1 aliphatic heterocycles. The predicted octanol–water partition coefficient (Wildman–Crippen LogP) is -0.628. The highest BCUT2D eigenvalue weighted by molar-refractivity contribution is 5.92. The van der Waals surface area contributed by atoms with Crippen LogP contribution in [0.5, 0.6) is 0 Å². The second-order valence-electron chi connectivity index (χ2n) is 3.96. The first-order valence-electron chi connectivity index (χ1n) is 5.31. The minimum Gasteiger partial charge on any atom is -0.331 e. The summed E-state index contributed by atoms with van der Waals surface area (Å²) in [6.45, 7) is 7.06. The molecule has 4 nitrogen and oxygen atoms in total. The van der Waals surface area contributed by atoms with E-state index < -0.39 is 0 Å². The molecule has 84 valence electrons. The number of nitrogens with zero attached hydrogens (tertiary/aromatic N) is 2. The van der Waals surface area contributed by atoms with Crippen molar-refractivity contribution in [3.8, 4) is 12.3 Å². The lowest BCUT2D eigenvalue weighted by Gasteiger charge is -2.32. The van der Waals surface area contributed by atoms with Gasteiger partial charge in [-0.05, 0) is 12.8 Å². The number of carbonyl (C=O) groups excluding carboxylic acids is 1. The molecule has 15 heavy (non-hydrogen) atoms. The maximum absolute atomic E-state index is 11.3. The zero-order chi connectivity index (χ0) is 11.3. The van der Waals surface area contributed by atoms with Gasteiger partial charge in [-0.2, -0.15) is 0 Å². The maximum atomic E-state index is 11.3. The number of hydrogen-bond acceptors (Lipinski definition) is 3. The molecule has 0 radical (unpaired) electrons. The molecule has 0 spiro atoms. The highest BCUT2D eigenvalue weighted by atomic mass is 16.2. The summed E-state index contributed by atoms with van der Waals surface area (Å²) < 4.78 is 0. The van der Waals surface area contributed by atoms with E-state index in [2.05, 4.69) is 16.1 Å². The van der Waals surface area contributed by atoms with Crippen molar-refractivity contribution in [2.45, 2.75) is 13.0 Å². The first-order chi connectivity index (χ1) is 7.15. The van der Waals surface area contributed by atoms with Gasteiger partial charge < -0.3 is 10.2 Å². The van der Waals surface area contributed by atoms with Gasteiger partial charge in [0.15, 0.2) is 0 Å². The Morgan fingerprint density at radius 2 is 2.20 bits per heavy atom. The van der Waals surface area contributed by atoms with Crippen LogP contribution in [0.3, 0.4) is 0 Å². The summed E-state index contributed by atoms with van der Waals surface area (Å²) in [5.74, 6) is 1.90. The standard InChI is InChI=1S/C11H19N3O/c1-4-11(15)13(3)10(2)9-14-7-5-12-6-8-14/h1,10,12H,5-9H2,2-3H3. The van der Waals surface area contributed by atoms with Crippen molar-refractivity contribution in [2.24, 2.45) is 0 Å². The van der Waals surface area contributed by atoms with Gasteiger partial charge in [-0.3, -0.25) is 9.69 Å². The van der Waals surface area contributed by atoms with Crippen LogP contribution < -0.4 is 5.32 Å². The van der Waals surface area contributed by atoms with Crippen molar-refractivity contribution >= 4 is 5.91 Å². The molecule has 1 unspecified atom stereocenters. The molecular formula is C11H19N3O. The van der Waals surface area contributed by atoms with Crippen LogP contribution >= 0.6 is 0 Å². The lowest BCUT2D eigenvalue weighted by molar-refractivity contribution is -0.125. The van der Waals surface area contributed by atoms with Crippen LogP contribution in [-0.4, -0.2) is 61.5 Å². The summed E-state index contributed by atoms with van der Waals surface area (Å²) in [6, 6.07) is 0.173. The van der Waals surface area contributed by atoms with Gasteiger partial charge in [0, 0.05) is 45.8 Å². The van der Waals surface area contributed by atoms with Crippen molar-refractivity contribution in [3.63, 3.8) is 0 Å². The molecule has 1 aliphatic rings. The van der Waals surface area contributed by atoms with E-state index >= 15 is 0 Å². The van der Waals surface area contributed by atoms with Crippen LogP contribution in [0.15, 0.2) is 0 Å². The van der Waals surface area contributed by atoms with Gasteiger partial charge in [0.1, 0.15) is 0 Å². The van der Waals surface area contributed by atoms with E-state index in [1.807, 2.05) is 6.92 Å². The topological polar surface area (TPSA) is 35.6 Å². The molecule has 0 aliphatic carbocycles.